The summed E-state index contributed by atoms with van der Waals surface area (Å²) in [6, 6.07) is 12.2. The van der Waals surface area contributed by atoms with Crippen molar-refractivity contribution in [2.45, 2.75) is 19.3 Å². The maximum atomic E-state index is 12.0. The number of anilines is 2. The molecule has 0 saturated heterocycles. The van der Waals surface area contributed by atoms with Crippen LogP contribution in [0.4, 0.5) is 11.4 Å². The smallest absolute Gasteiger partial charge is 0.337 e. The minimum Gasteiger partial charge on any atom is -0.465 e. The van der Waals surface area contributed by atoms with E-state index in [0.717, 1.165) is 0 Å². The van der Waals surface area contributed by atoms with Crippen molar-refractivity contribution >= 4 is 41.1 Å². The monoisotopic (exact) mass is 456 g/mol. The van der Waals surface area contributed by atoms with Crippen molar-refractivity contribution in [1.82, 2.24) is 0 Å². The van der Waals surface area contributed by atoms with E-state index in [1.165, 1.54) is 50.6 Å². The first-order valence-corrected chi connectivity index (χ1v) is 9.94. The highest BCUT2D eigenvalue weighted by atomic mass is 16.5. The molecule has 2 aromatic carbocycles. The fourth-order valence-electron chi connectivity index (χ4n) is 2.65. The molecule has 0 unspecified atom stereocenters. The molecule has 0 aliphatic rings. The highest BCUT2D eigenvalue weighted by molar-refractivity contribution is 5.95. The molecule has 2 amide bonds. The van der Waals surface area contributed by atoms with Gasteiger partial charge in [-0.3, -0.25) is 14.4 Å². The third-order valence-corrected chi connectivity index (χ3v) is 4.33. The van der Waals surface area contributed by atoms with Gasteiger partial charge in [-0.05, 0) is 55.0 Å². The molecule has 0 aromatic heterocycles. The summed E-state index contributed by atoms with van der Waals surface area (Å²) in [5, 5.41) is 5.19. The van der Waals surface area contributed by atoms with E-state index in [4.69, 9.17) is 4.74 Å². The Morgan fingerprint density at radius 2 is 1.12 bits per heavy atom. The van der Waals surface area contributed by atoms with Crippen LogP contribution in [0.3, 0.4) is 0 Å². The Morgan fingerprint density at radius 3 is 1.58 bits per heavy atom. The molecule has 0 aliphatic carbocycles. The lowest BCUT2D eigenvalue weighted by Gasteiger charge is -2.08. The van der Waals surface area contributed by atoms with E-state index in [9.17, 15) is 24.0 Å². The largest absolute Gasteiger partial charge is 0.465 e. The molecule has 2 N–H and O–H groups in total. The molecule has 0 bridgehead atoms. The summed E-state index contributed by atoms with van der Waals surface area (Å²) in [6.07, 6.45) is 0.282. The lowest BCUT2D eigenvalue weighted by Crippen LogP contribution is -2.21. The third kappa shape index (κ3) is 8.44. The van der Waals surface area contributed by atoms with Gasteiger partial charge < -0.3 is 24.8 Å². The molecule has 0 spiro atoms. The van der Waals surface area contributed by atoms with Gasteiger partial charge in [-0.15, -0.1) is 0 Å². The molecule has 174 valence electrons. The van der Waals surface area contributed by atoms with Gasteiger partial charge in [-0.25, -0.2) is 9.59 Å². The van der Waals surface area contributed by atoms with Crippen LogP contribution in [0, 0.1) is 0 Å². The maximum Gasteiger partial charge on any atom is 0.337 e. The molecule has 2 rings (SSSR count). The molecule has 0 saturated carbocycles. The van der Waals surface area contributed by atoms with Crippen LogP contribution in [0.15, 0.2) is 48.5 Å². The van der Waals surface area contributed by atoms with Gasteiger partial charge in [0.05, 0.1) is 25.3 Å². The Balaban J connectivity index is 1.65. The van der Waals surface area contributed by atoms with Crippen molar-refractivity contribution in [2.24, 2.45) is 0 Å². The van der Waals surface area contributed by atoms with Gasteiger partial charge >= 0.3 is 17.9 Å². The molecule has 0 aliphatic heterocycles. The Kier molecular flexibility index (Phi) is 9.56. The van der Waals surface area contributed by atoms with E-state index in [2.05, 4.69) is 20.1 Å². The highest BCUT2D eigenvalue weighted by Gasteiger charge is 2.11. The standard InChI is InChI=1S/C23H24N2O8/c1-31-22(29)15-6-10-17(11-7-15)24-19(26)4-3-5-21(28)33-14-20(27)25-18-12-8-16(9-13-18)23(30)32-2/h6-13H,3-5,14H2,1-2H3,(H,24,26)(H,25,27). The number of carbonyl (C=O) groups excluding carboxylic acids is 5. The average molecular weight is 456 g/mol. The van der Waals surface area contributed by atoms with E-state index in [0.29, 0.717) is 22.5 Å². The van der Waals surface area contributed by atoms with Crippen LogP contribution in [-0.2, 0) is 28.6 Å². The minimum atomic E-state index is -0.610. The zero-order valence-corrected chi connectivity index (χ0v) is 18.2. The Bertz CT molecular complexity index is 1000. The van der Waals surface area contributed by atoms with Crippen LogP contribution in [0.2, 0.25) is 0 Å². The number of ether oxygens (including phenoxy) is 3. The molecule has 0 radical (unpaired) electrons. The van der Waals surface area contributed by atoms with Crippen molar-refractivity contribution < 1.29 is 38.2 Å². The molecule has 0 fully saturated rings. The number of hydrogen-bond acceptors (Lipinski definition) is 8. The fraction of sp³-hybridized carbons (Fsp3) is 0.261. The quantitative estimate of drug-likeness (QED) is 0.411. The van der Waals surface area contributed by atoms with E-state index >= 15 is 0 Å². The molecule has 0 heterocycles. The number of rotatable bonds is 10. The van der Waals surface area contributed by atoms with Gasteiger partial charge in [0.15, 0.2) is 6.61 Å². The van der Waals surface area contributed by atoms with Crippen LogP contribution >= 0.6 is 0 Å². The SMILES string of the molecule is COC(=O)c1ccc(NC(=O)CCCC(=O)OCC(=O)Nc2ccc(C(=O)OC)cc2)cc1. The van der Waals surface area contributed by atoms with Crippen molar-refractivity contribution in [2.75, 3.05) is 31.5 Å². The molecule has 33 heavy (non-hydrogen) atoms. The zero-order valence-electron chi connectivity index (χ0n) is 18.2. The topological polar surface area (TPSA) is 137 Å². The van der Waals surface area contributed by atoms with Crippen LogP contribution in [0.5, 0.6) is 0 Å². The van der Waals surface area contributed by atoms with E-state index in [1.54, 1.807) is 12.1 Å². The number of carbonyl (C=O) groups is 5. The van der Waals surface area contributed by atoms with Gasteiger partial charge in [-0.1, -0.05) is 0 Å². The maximum absolute atomic E-state index is 12.0. The number of nitrogens with one attached hydrogen (secondary N) is 2. The highest BCUT2D eigenvalue weighted by Crippen LogP contribution is 2.12. The first-order chi connectivity index (χ1) is 15.8. The van der Waals surface area contributed by atoms with Gasteiger partial charge in [-0.2, -0.15) is 0 Å². The molecule has 10 heteroatoms. The average Bonchev–Trinajstić information content (AvgIpc) is 2.82. The van der Waals surface area contributed by atoms with Gasteiger partial charge in [0.1, 0.15) is 0 Å². The van der Waals surface area contributed by atoms with Crippen molar-refractivity contribution in [1.29, 1.82) is 0 Å². The summed E-state index contributed by atoms with van der Waals surface area (Å²) in [5.74, 6) is -2.42. The van der Waals surface area contributed by atoms with Crippen molar-refractivity contribution in [3.05, 3.63) is 59.7 Å². The van der Waals surface area contributed by atoms with Crippen LogP contribution in [0.1, 0.15) is 40.0 Å². The van der Waals surface area contributed by atoms with E-state index < -0.39 is 30.4 Å². The summed E-state index contributed by atoms with van der Waals surface area (Å²) >= 11 is 0. The van der Waals surface area contributed by atoms with Crippen molar-refractivity contribution in [3.8, 4) is 0 Å². The summed E-state index contributed by atoms with van der Waals surface area (Å²) < 4.78 is 14.1. The molecule has 2 aromatic rings. The summed E-state index contributed by atoms with van der Waals surface area (Å²) in [6.45, 7) is -0.476. The number of hydrogen-bond donors (Lipinski definition) is 2. The first kappa shape index (κ1) is 25.1. The molecule has 0 atom stereocenters. The number of amides is 2. The Labute approximate surface area is 190 Å². The van der Waals surface area contributed by atoms with Gasteiger partial charge in [0.2, 0.25) is 5.91 Å². The second kappa shape index (κ2) is 12.6. The number of esters is 3. The lowest BCUT2D eigenvalue weighted by atomic mass is 10.2. The summed E-state index contributed by atoms with van der Waals surface area (Å²) in [7, 11) is 2.55. The molecular weight excluding hydrogens is 432 g/mol. The lowest BCUT2D eigenvalue weighted by molar-refractivity contribution is -0.147. The Morgan fingerprint density at radius 1 is 0.667 bits per heavy atom. The van der Waals surface area contributed by atoms with E-state index in [-0.39, 0.29) is 25.2 Å². The number of methoxy groups -OCH3 is 2. The zero-order chi connectivity index (χ0) is 24.2. The predicted molar refractivity (Wildman–Crippen MR) is 118 cm³/mol. The minimum absolute atomic E-state index is 0.0319. The summed E-state index contributed by atoms with van der Waals surface area (Å²) in [5.41, 5.74) is 1.64. The van der Waals surface area contributed by atoms with Crippen LogP contribution < -0.4 is 10.6 Å². The van der Waals surface area contributed by atoms with Gasteiger partial charge in [0, 0.05) is 24.2 Å². The normalized spacial score (nSPS) is 10.0. The second-order valence-electron chi connectivity index (χ2n) is 6.75. The number of benzene rings is 2. The predicted octanol–water partition coefficient (Wildman–Crippen LogP) is 2.55. The molecular formula is C23H24N2O8. The van der Waals surface area contributed by atoms with Crippen LogP contribution in [-0.4, -0.2) is 50.5 Å². The Hall–Kier alpha value is -4.21. The van der Waals surface area contributed by atoms with E-state index in [1.807, 2.05) is 0 Å². The summed E-state index contributed by atoms with van der Waals surface area (Å²) in [4.78, 5) is 58.4. The fourth-order valence-corrected chi connectivity index (χ4v) is 2.65. The van der Waals surface area contributed by atoms with Gasteiger partial charge in [0.25, 0.3) is 5.91 Å². The third-order valence-electron chi connectivity index (χ3n) is 4.33. The molecule has 10 nitrogen and oxygen atoms in total. The first-order valence-electron chi connectivity index (χ1n) is 9.94. The second-order valence-corrected chi connectivity index (χ2v) is 6.75. The van der Waals surface area contributed by atoms with Crippen molar-refractivity contribution in [3.63, 3.8) is 0 Å². The van der Waals surface area contributed by atoms with Crippen LogP contribution in [0.25, 0.3) is 0 Å².